The molecule has 2 aliphatic carbocycles. The molecule has 0 amide bonds. The van der Waals surface area contributed by atoms with Gasteiger partial charge in [-0.15, -0.1) is 0 Å². The maximum absolute atomic E-state index is 5.24. The zero-order chi connectivity index (χ0) is 46.9. The van der Waals surface area contributed by atoms with Crippen molar-refractivity contribution in [3.05, 3.63) is 289 Å². The molecule has 0 unspecified atom stereocenters. The summed E-state index contributed by atoms with van der Waals surface area (Å²) in [4.78, 5) is 10.4. The molecule has 0 fully saturated rings. The fourth-order valence-corrected chi connectivity index (χ4v) is 11.6. The van der Waals surface area contributed by atoms with Gasteiger partial charge in [0.05, 0.1) is 16.8 Å². The van der Waals surface area contributed by atoms with Gasteiger partial charge in [-0.2, -0.15) is 0 Å². The lowest BCUT2D eigenvalue weighted by molar-refractivity contribution is 0.794. The van der Waals surface area contributed by atoms with Gasteiger partial charge in [0.15, 0.2) is 5.82 Å². The zero-order valence-corrected chi connectivity index (χ0v) is 38.8. The Morgan fingerprint density at radius 2 is 0.648 bits per heavy atom. The Kier molecular flexibility index (Phi) is 9.47. The fraction of sp³-hybridized carbons (Fsp3) is 0.0145. The average Bonchev–Trinajstić information content (AvgIpc) is 3.92. The van der Waals surface area contributed by atoms with Crippen LogP contribution in [0.4, 0.5) is 0 Å². The predicted molar refractivity (Wildman–Crippen MR) is 294 cm³/mol. The smallest absolute Gasteiger partial charge is 0.160 e. The Hall–Kier alpha value is -9.24. The van der Waals surface area contributed by atoms with Crippen molar-refractivity contribution in [1.29, 1.82) is 0 Å². The molecule has 0 aliphatic heterocycles. The number of benzene rings is 11. The molecule has 1 aromatic heterocycles. The van der Waals surface area contributed by atoms with Crippen LogP contribution in [0.25, 0.3) is 111 Å². The lowest BCUT2D eigenvalue weighted by Crippen LogP contribution is -2.25. The third-order valence-electron chi connectivity index (χ3n) is 14.9. The van der Waals surface area contributed by atoms with Crippen molar-refractivity contribution in [2.45, 2.75) is 5.41 Å². The van der Waals surface area contributed by atoms with Gasteiger partial charge >= 0.3 is 0 Å². The summed E-state index contributed by atoms with van der Waals surface area (Å²) >= 11 is 0. The monoisotopic (exact) mass is 900 g/mol. The van der Waals surface area contributed by atoms with E-state index in [1.807, 2.05) is 18.2 Å². The van der Waals surface area contributed by atoms with Gasteiger partial charge < -0.3 is 0 Å². The molecule has 0 radical (unpaired) electrons. The van der Waals surface area contributed by atoms with Crippen LogP contribution in [0.5, 0.6) is 0 Å². The van der Waals surface area contributed by atoms with E-state index in [4.69, 9.17) is 9.97 Å². The fourth-order valence-electron chi connectivity index (χ4n) is 11.6. The molecule has 12 aromatic rings. The number of hydrogen-bond donors (Lipinski definition) is 0. The third kappa shape index (κ3) is 6.64. The maximum Gasteiger partial charge on any atom is 0.160 e. The van der Waals surface area contributed by atoms with Crippen LogP contribution in [0.2, 0.25) is 0 Å². The summed E-state index contributed by atoms with van der Waals surface area (Å²) in [5.41, 5.74) is 24.3. The molecule has 1 spiro atoms. The first-order valence-electron chi connectivity index (χ1n) is 24.5. The van der Waals surface area contributed by atoms with Gasteiger partial charge in [-0.25, -0.2) is 9.97 Å². The second-order valence-electron chi connectivity index (χ2n) is 18.8. The van der Waals surface area contributed by atoms with Gasteiger partial charge in [-0.1, -0.05) is 231 Å². The molecule has 0 saturated carbocycles. The molecule has 11 aromatic carbocycles. The largest absolute Gasteiger partial charge is 0.228 e. The predicted octanol–water partition coefficient (Wildman–Crippen LogP) is 17.6. The van der Waals surface area contributed by atoms with Gasteiger partial charge in [0.2, 0.25) is 0 Å². The second-order valence-corrected chi connectivity index (χ2v) is 18.8. The van der Waals surface area contributed by atoms with Crippen LogP contribution in [0.3, 0.4) is 0 Å². The SMILES string of the molecule is c1ccc(-c2ccc(-c3cc(-c4cccc(-c5cccc(-c6cc7c(cc6-c6ccc8ccccc8c6)-c6ccccc6C76c7ccccc7-c7ccccc76)c5)c4)nc(-c4ccccc4)n3)cc2)cc1. The van der Waals surface area contributed by atoms with E-state index >= 15 is 0 Å². The van der Waals surface area contributed by atoms with E-state index in [0.29, 0.717) is 5.82 Å². The van der Waals surface area contributed by atoms with E-state index < -0.39 is 5.41 Å². The van der Waals surface area contributed by atoms with Crippen molar-refractivity contribution >= 4 is 10.8 Å². The molecule has 2 aliphatic rings. The van der Waals surface area contributed by atoms with Crippen molar-refractivity contribution < 1.29 is 0 Å². The lowest BCUT2D eigenvalue weighted by atomic mass is 9.70. The molecule has 14 rings (SSSR count). The van der Waals surface area contributed by atoms with E-state index in [1.54, 1.807) is 0 Å². The minimum atomic E-state index is -0.458. The standard InChI is InChI=1S/C69H44N2/c1-3-17-45(18-4-1)47-33-36-48(37-34-47)66-44-67(71-68(70-66)49-20-5-2-6-21-49)55-26-16-24-52(41-55)51-23-15-25-53(40-51)60-43-65-61(42-59(60)54-38-35-46-19-7-8-22-50(46)39-54)58-29-11-14-32-64(58)69(65)62-30-12-9-27-56(62)57-28-10-13-31-63(57)69/h1-44H. The van der Waals surface area contributed by atoms with E-state index in [9.17, 15) is 0 Å². The minimum absolute atomic E-state index is 0.458. The van der Waals surface area contributed by atoms with Crippen LogP contribution in [-0.4, -0.2) is 9.97 Å². The lowest BCUT2D eigenvalue weighted by Gasteiger charge is -2.31. The highest BCUT2D eigenvalue weighted by atomic mass is 14.9. The molecule has 330 valence electrons. The Morgan fingerprint density at radius 1 is 0.211 bits per heavy atom. The summed E-state index contributed by atoms with van der Waals surface area (Å²) in [5, 5.41) is 2.46. The maximum atomic E-state index is 5.24. The van der Waals surface area contributed by atoms with Gasteiger partial charge in [-0.05, 0) is 136 Å². The first-order valence-corrected chi connectivity index (χ1v) is 24.5. The zero-order valence-electron chi connectivity index (χ0n) is 38.8. The molecule has 0 atom stereocenters. The van der Waals surface area contributed by atoms with Gasteiger partial charge in [0, 0.05) is 16.7 Å². The summed E-state index contributed by atoms with van der Waals surface area (Å²) < 4.78 is 0. The van der Waals surface area contributed by atoms with Gasteiger partial charge in [0.1, 0.15) is 0 Å². The van der Waals surface area contributed by atoms with E-state index in [-0.39, 0.29) is 0 Å². The van der Waals surface area contributed by atoms with Crippen molar-refractivity contribution in [1.82, 2.24) is 9.97 Å². The van der Waals surface area contributed by atoms with Crippen molar-refractivity contribution in [2.75, 3.05) is 0 Å². The molecular formula is C69H44N2. The quantitative estimate of drug-likeness (QED) is 0.159. The molecular weight excluding hydrogens is 857 g/mol. The first-order chi connectivity index (χ1) is 35.2. The Balaban J connectivity index is 0.929. The number of aromatic nitrogens is 2. The van der Waals surface area contributed by atoms with Crippen LogP contribution in [0, 0.1) is 0 Å². The molecule has 1 heterocycles. The van der Waals surface area contributed by atoms with Crippen molar-refractivity contribution in [3.8, 4) is 101 Å². The Bertz CT molecular complexity index is 3990. The summed E-state index contributed by atoms with van der Waals surface area (Å²) in [6, 6.07) is 97.4. The molecule has 0 bridgehead atoms. The minimum Gasteiger partial charge on any atom is -0.228 e. The van der Waals surface area contributed by atoms with Crippen molar-refractivity contribution in [3.63, 3.8) is 0 Å². The molecule has 0 N–H and O–H groups in total. The summed E-state index contributed by atoms with van der Waals surface area (Å²) in [6.07, 6.45) is 0. The van der Waals surface area contributed by atoms with E-state index in [2.05, 4.69) is 249 Å². The number of hydrogen-bond acceptors (Lipinski definition) is 2. The van der Waals surface area contributed by atoms with Crippen LogP contribution in [0.1, 0.15) is 22.3 Å². The second kappa shape index (κ2) is 16.5. The molecule has 0 saturated heterocycles. The Morgan fingerprint density at radius 3 is 1.31 bits per heavy atom. The van der Waals surface area contributed by atoms with Gasteiger partial charge in [-0.3, -0.25) is 0 Å². The molecule has 71 heavy (non-hydrogen) atoms. The summed E-state index contributed by atoms with van der Waals surface area (Å²) in [7, 11) is 0. The highest BCUT2D eigenvalue weighted by molar-refractivity contribution is 6.00. The molecule has 2 heteroatoms. The first kappa shape index (κ1) is 40.8. The topological polar surface area (TPSA) is 25.8 Å². The highest BCUT2D eigenvalue weighted by Crippen LogP contribution is 2.63. The normalized spacial score (nSPS) is 12.6. The number of fused-ring (bicyclic) bond motifs is 11. The number of rotatable bonds is 7. The highest BCUT2D eigenvalue weighted by Gasteiger charge is 2.51. The van der Waals surface area contributed by atoms with Crippen molar-refractivity contribution in [2.24, 2.45) is 0 Å². The van der Waals surface area contributed by atoms with Gasteiger partial charge in [0.25, 0.3) is 0 Å². The van der Waals surface area contributed by atoms with Crippen LogP contribution in [0.15, 0.2) is 267 Å². The van der Waals surface area contributed by atoms with Crippen LogP contribution < -0.4 is 0 Å². The average molecular weight is 901 g/mol. The summed E-state index contributed by atoms with van der Waals surface area (Å²) in [5.74, 6) is 0.697. The van der Waals surface area contributed by atoms with Crippen LogP contribution in [-0.2, 0) is 5.41 Å². The number of nitrogens with zero attached hydrogens (tertiary/aromatic N) is 2. The summed E-state index contributed by atoms with van der Waals surface area (Å²) in [6.45, 7) is 0. The Labute approximate surface area is 413 Å². The third-order valence-corrected chi connectivity index (χ3v) is 14.9. The van der Waals surface area contributed by atoms with Crippen LogP contribution >= 0.6 is 0 Å². The van der Waals surface area contributed by atoms with E-state index in [0.717, 1.165) is 39.2 Å². The van der Waals surface area contributed by atoms with E-state index in [1.165, 1.54) is 88.7 Å². The molecule has 2 nitrogen and oxygen atoms in total.